The summed E-state index contributed by atoms with van der Waals surface area (Å²) in [6.07, 6.45) is 3.25. The molecular formula is C16H18N2O2S. The Kier molecular flexibility index (Phi) is 3.37. The van der Waals surface area contributed by atoms with Crippen molar-refractivity contribution in [3.05, 3.63) is 53.6 Å². The van der Waals surface area contributed by atoms with Gasteiger partial charge in [0.25, 0.3) is 0 Å². The Bertz CT molecular complexity index is 767. The molecule has 3 rings (SSSR count). The van der Waals surface area contributed by atoms with E-state index in [1.54, 1.807) is 12.1 Å². The lowest BCUT2D eigenvalue weighted by atomic mass is 10.1. The molecule has 0 amide bonds. The topological polar surface area (TPSA) is 72.2 Å². The Labute approximate surface area is 124 Å². The molecule has 1 atom stereocenters. The molecule has 110 valence electrons. The largest absolute Gasteiger partial charge is 0.399 e. The summed E-state index contributed by atoms with van der Waals surface area (Å²) < 4.78 is 22.9. The molecule has 4 nitrogen and oxygen atoms in total. The molecule has 0 aliphatic heterocycles. The number of anilines is 2. The molecule has 0 radical (unpaired) electrons. The Morgan fingerprint density at radius 1 is 1.14 bits per heavy atom. The third-order valence-electron chi connectivity index (χ3n) is 3.87. The fourth-order valence-electron chi connectivity index (χ4n) is 2.79. The van der Waals surface area contributed by atoms with Gasteiger partial charge in [0.05, 0.1) is 10.9 Å². The number of aryl methyl sites for hydroxylation is 1. The van der Waals surface area contributed by atoms with Gasteiger partial charge in [-0.3, -0.25) is 0 Å². The summed E-state index contributed by atoms with van der Waals surface area (Å²) in [6.45, 7) is 0. The molecule has 0 fully saturated rings. The van der Waals surface area contributed by atoms with E-state index in [1.807, 2.05) is 24.3 Å². The van der Waals surface area contributed by atoms with Gasteiger partial charge in [-0.15, -0.1) is 0 Å². The van der Waals surface area contributed by atoms with Crippen molar-refractivity contribution in [2.24, 2.45) is 0 Å². The summed E-state index contributed by atoms with van der Waals surface area (Å²) in [7, 11) is -3.14. The zero-order valence-electron chi connectivity index (χ0n) is 11.8. The first-order valence-electron chi connectivity index (χ1n) is 6.88. The smallest absolute Gasteiger partial charge is 0.175 e. The summed E-state index contributed by atoms with van der Waals surface area (Å²) >= 11 is 0. The van der Waals surface area contributed by atoms with E-state index in [2.05, 4.69) is 11.4 Å². The van der Waals surface area contributed by atoms with Gasteiger partial charge in [0.1, 0.15) is 0 Å². The second-order valence-electron chi connectivity index (χ2n) is 5.49. The maximum Gasteiger partial charge on any atom is 0.175 e. The highest BCUT2D eigenvalue weighted by atomic mass is 32.2. The van der Waals surface area contributed by atoms with Crippen LogP contribution in [0, 0.1) is 0 Å². The quantitative estimate of drug-likeness (QED) is 0.855. The molecule has 2 aromatic carbocycles. The minimum Gasteiger partial charge on any atom is -0.399 e. The lowest BCUT2D eigenvalue weighted by molar-refractivity contribution is 0.602. The van der Waals surface area contributed by atoms with Crippen molar-refractivity contribution in [3.8, 4) is 0 Å². The lowest BCUT2D eigenvalue weighted by Crippen LogP contribution is -2.07. The molecule has 2 aromatic rings. The highest BCUT2D eigenvalue weighted by Gasteiger charge is 2.22. The molecule has 1 aliphatic carbocycles. The molecule has 0 saturated heterocycles. The number of nitrogens with one attached hydrogen (secondary N) is 1. The van der Waals surface area contributed by atoms with Gasteiger partial charge < -0.3 is 11.1 Å². The molecule has 0 heterocycles. The van der Waals surface area contributed by atoms with E-state index in [-0.39, 0.29) is 6.04 Å². The molecule has 0 spiro atoms. The van der Waals surface area contributed by atoms with E-state index in [1.165, 1.54) is 17.4 Å². The SMILES string of the molecule is CS(=O)(=O)c1ccc(NC2CCc3cc(N)ccc32)cc1. The van der Waals surface area contributed by atoms with Crippen LogP contribution in [0.4, 0.5) is 11.4 Å². The molecule has 1 unspecified atom stereocenters. The number of rotatable bonds is 3. The van der Waals surface area contributed by atoms with Crippen LogP contribution in [0.25, 0.3) is 0 Å². The second-order valence-corrected chi connectivity index (χ2v) is 7.51. The predicted octanol–water partition coefficient (Wildman–Crippen LogP) is 2.77. The van der Waals surface area contributed by atoms with Crippen molar-refractivity contribution in [2.45, 2.75) is 23.8 Å². The molecule has 21 heavy (non-hydrogen) atoms. The number of fused-ring (bicyclic) bond motifs is 1. The van der Waals surface area contributed by atoms with E-state index in [0.717, 1.165) is 24.2 Å². The van der Waals surface area contributed by atoms with Crippen molar-refractivity contribution in [1.29, 1.82) is 0 Å². The van der Waals surface area contributed by atoms with Gasteiger partial charge in [-0.1, -0.05) is 6.07 Å². The molecule has 0 aromatic heterocycles. The minimum absolute atomic E-state index is 0.254. The van der Waals surface area contributed by atoms with E-state index >= 15 is 0 Å². The number of nitrogens with two attached hydrogens (primary N) is 1. The zero-order valence-corrected chi connectivity index (χ0v) is 12.7. The normalized spacial score (nSPS) is 17.5. The summed E-state index contributed by atoms with van der Waals surface area (Å²) in [5.41, 5.74) is 10.1. The van der Waals surface area contributed by atoms with Crippen LogP contribution in [-0.4, -0.2) is 14.7 Å². The number of hydrogen-bond donors (Lipinski definition) is 2. The highest BCUT2D eigenvalue weighted by Crippen LogP contribution is 2.34. The van der Waals surface area contributed by atoms with Crippen LogP contribution in [0.5, 0.6) is 0 Å². The van der Waals surface area contributed by atoms with Gasteiger partial charge in [0.2, 0.25) is 0 Å². The average Bonchev–Trinajstić information content (AvgIpc) is 2.80. The Morgan fingerprint density at radius 2 is 1.86 bits per heavy atom. The van der Waals surface area contributed by atoms with Gasteiger partial charge in [0.15, 0.2) is 9.84 Å². The molecule has 5 heteroatoms. The second kappa shape index (κ2) is 5.07. The van der Waals surface area contributed by atoms with E-state index < -0.39 is 9.84 Å². The monoisotopic (exact) mass is 302 g/mol. The first-order chi connectivity index (χ1) is 9.93. The summed E-state index contributed by atoms with van der Waals surface area (Å²) in [5.74, 6) is 0. The molecular weight excluding hydrogens is 284 g/mol. The van der Waals surface area contributed by atoms with Gasteiger partial charge >= 0.3 is 0 Å². The van der Waals surface area contributed by atoms with Gasteiger partial charge in [-0.05, 0) is 60.4 Å². The number of hydrogen-bond acceptors (Lipinski definition) is 4. The van der Waals surface area contributed by atoms with E-state index in [0.29, 0.717) is 4.90 Å². The predicted molar refractivity (Wildman–Crippen MR) is 85.1 cm³/mol. The number of benzene rings is 2. The van der Waals surface area contributed by atoms with Crippen LogP contribution in [-0.2, 0) is 16.3 Å². The fourth-order valence-corrected chi connectivity index (χ4v) is 3.42. The first-order valence-corrected chi connectivity index (χ1v) is 8.77. The van der Waals surface area contributed by atoms with Crippen LogP contribution in [0.1, 0.15) is 23.6 Å². The maximum absolute atomic E-state index is 11.5. The van der Waals surface area contributed by atoms with Gasteiger partial charge in [-0.2, -0.15) is 0 Å². The average molecular weight is 302 g/mol. The standard InChI is InChI=1S/C16H18N2O2S/c1-21(19,20)14-6-4-13(5-7-14)18-16-9-2-11-10-12(17)3-8-15(11)16/h3-8,10,16,18H,2,9,17H2,1H3. The number of sulfone groups is 1. The highest BCUT2D eigenvalue weighted by molar-refractivity contribution is 7.90. The summed E-state index contributed by atoms with van der Waals surface area (Å²) in [4.78, 5) is 0.340. The molecule has 1 aliphatic rings. The molecule has 0 saturated carbocycles. The van der Waals surface area contributed by atoms with Crippen molar-refractivity contribution < 1.29 is 8.42 Å². The van der Waals surface area contributed by atoms with Crippen LogP contribution in [0.2, 0.25) is 0 Å². The summed E-state index contributed by atoms with van der Waals surface area (Å²) in [6, 6.07) is 13.2. The van der Waals surface area contributed by atoms with Crippen LogP contribution >= 0.6 is 0 Å². The fraction of sp³-hybridized carbons (Fsp3) is 0.250. The number of nitrogen functional groups attached to an aromatic ring is 1. The lowest BCUT2D eigenvalue weighted by Gasteiger charge is -2.16. The van der Waals surface area contributed by atoms with E-state index in [4.69, 9.17) is 5.73 Å². The van der Waals surface area contributed by atoms with Crippen molar-refractivity contribution in [1.82, 2.24) is 0 Å². The first kappa shape index (κ1) is 13.9. The third kappa shape index (κ3) is 2.88. The van der Waals surface area contributed by atoms with Crippen LogP contribution in [0.3, 0.4) is 0 Å². The van der Waals surface area contributed by atoms with Crippen LogP contribution < -0.4 is 11.1 Å². The van der Waals surface area contributed by atoms with Crippen molar-refractivity contribution in [2.75, 3.05) is 17.3 Å². The molecule has 0 bridgehead atoms. The van der Waals surface area contributed by atoms with Crippen molar-refractivity contribution in [3.63, 3.8) is 0 Å². The van der Waals surface area contributed by atoms with Crippen molar-refractivity contribution >= 4 is 21.2 Å². The van der Waals surface area contributed by atoms with Gasteiger partial charge in [-0.25, -0.2) is 8.42 Å². The summed E-state index contributed by atoms with van der Waals surface area (Å²) in [5, 5.41) is 3.46. The Hall–Kier alpha value is -2.01. The molecule has 3 N–H and O–H groups in total. The van der Waals surface area contributed by atoms with Crippen LogP contribution in [0.15, 0.2) is 47.4 Å². The minimum atomic E-state index is -3.14. The third-order valence-corrected chi connectivity index (χ3v) is 5.00. The zero-order chi connectivity index (χ0) is 15.0. The van der Waals surface area contributed by atoms with Gasteiger partial charge in [0, 0.05) is 17.6 Å². The maximum atomic E-state index is 11.5. The van der Waals surface area contributed by atoms with E-state index in [9.17, 15) is 8.42 Å². The Morgan fingerprint density at radius 3 is 2.52 bits per heavy atom. The Balaban J connectivity index is 1.80.